The Balaban J connectivity index is 2.67. The van der Waals surface area contributed by atoms with Crippen LogP contribution >= 0.6 is 0 Å². The fraction of sp³-hybridized carbons (Fsp3) is 0.867. The van der Waals surface area contributed by atoms with Crippen molar-refractivity contribution in [3.63, 3.8) is 0 Å². The molecule has 0 spiro atoms. The summed E-state index contributed by atoms with van der Waals surface area (Å²) < 4.78 is 0. The minimum Gasteiger partial charge on any atom is -0.481 e. The van der Waals surface area contributed by atoms with Gasteiger partial charge in [0.25, 0.3) is 0 Å². The number of piperidine rings is 1. The first-order valence-electron chi connectivity index (χ1n) is 7.69. The van der Waals surface area contributed by atoms with Crippen LogP contribution in [0.4, 0.5) is 0 Å². The van der Waals surface area contributed by atoms with Gasteiger partial charge in [-0.15, -0.1) is 0 Å². The van der Waals surface area contributed by atoms with Crippen LogP contribution in [0.3, 0.4) is 0 Å². The van der Waals surface area contributed by atoms with E-state index >= 15 is 0 Å². The van der Waals surface area contributed by atoms with Gasteiger partial charge in [-0.2, -0.15) is 0 Å². The van der Waals surface area contributed by atoms with Crippen molar-refractivity contribution >= 4 is 11.9 Å². The van der Waals surface area contributed by atoms with Crippen molar-refractivity contribution in [2.75, 3.05) is 19.6 Å². The van der Waals surface area contributed by atoms with Crippen molar-refractivity contribution in [2.24, 2.45) is 5.41 Å². The van der Waals surface area contributed by atoms with Gasteiger partial charge >= 0.3 is 5.97 Å². The van der Waals surface area contributed by atoms with E-state index in [1.165, 1.54) is 0 Å². The molecule has 0 saturated carbocycles. The highest BCUT2D eigenvalue weighted by atomic mass is 16.4. The molecule has 1 aliphatic heterocycles. The molecule has 2 atom stereocenters. The maximum Gasteiger partial charge on any atom is 0.311 e. The summed E-state index contributed by atoms with van der Waals surface area (Å²) in [4.78, 5) is 25.7. The molecule has 1 heterocycles. The number of likely N-dealkylation sites (tertiary alicyclic amines) is 1. The molecule has 0 aromatic carbocycles. The molecule has 1 rings (SSSR count). The molecule has 5 heteroatoms. The first kappa shape index (κ1) is 17.0. The van der Waals surface area contributed by atoms with Crippen molar-refractivity contribution in [1.29, 1.82) is 0 Å². The minimum atomic E-state index is -0.753. The lowest BCUT2D eigenvalue weighted by molar-refractivity contribution is -0.155. The lowest BCUT2D eigenvalue weighted by Gasteiger charge is -2.40. The Kier molecular flexibility index (Phi) is 6.46. The maximum absolute atomic E-state index is 12.3. The van der Waals surface area contributed by atoms with Crippen molar-refractivity contribution in [3.8, 4) is 0 Å². The topological polar surface area (TPSA) is 69.6 Å². The van der Waals surface area contributed by atoms with Crippen LogP contribution in [0.2, 0.25) is 0 Å². The smallest absolute Gasteiger partial charge is 0.311 e. The number of hydrogen-bond donors (Lipinski definition) is 2. The fourth-order valence-corrected chi connectivity index (χ4v) is 3.12. The zero-order chi connectivity index (χ0) is 15.2. The molecule has 0 aliphatic carbocycles. The number of nitrogens with one attached hydrogen (secondary N) is 1. The number of rotatable bonds is 7. The average molecular weight is 284 g/mol. The zero-order valence-corrected chi connectivity index (χ0v) is 12.9. The second-order valence-electron chi connectivity index (χ2n) is 5.92. The normalized spacial score (nSPS) is 24.4. The van der Waals surface area contributed by atoms with Crippen LogP contribution in [0.1, 0.15) is 52.9 Å². The van der Waals surface area contributed by atoms with Crippen molar-refractivity contribution < 1.29 is 14.7 Å². The predicted octanol–water partition coefficient (Wildman–Crippen LogP) is 1.87. The summed E-state index contributed by atoms with van der Waals surface area (Å²) in [6.07, 6.45) is 3.39. The lowest BCUT2D eigenvalue weighted by Crippen LogP contribution is -2.50. The molecule has 1 aliphatic rings. The van der Waals surface area contributed by atoms with E-state index in [2.05, 4.69) is 5.32 Å². The number of carboxylic acid groups (broad SMARTS) is 1. The lowest BCUT2D eigenvalue weighted by atomic mass is 9.76. The third-order valence-electron chi connectivity index (χ3n) is 4.15. The first-order chi connectivity index (χ1) is 9.45. The molecule has 0 aromatic heterocycles. The van der Waals surface area contributed by atoms with Gasteiger partial charge < -0.3 is 15.3 Å². The van der Waals surface area contributed by atoms with Gasteiger partial charge in [0.1, 0.15) is 0 Å². The number of carbonyl (C=O) groups is 2. The van der Waals surface area contributed by atoms with Crippen LogP contribution in [0.5, 0.6) is 0 Å². The second kappa shape index (κ2) is 7.62. The van der Waals surface area contributed by atoms with Crippen molar-refractivity contribution in [3.05, 3.63) is 0 Å². The summed E-state index contributed by atoms with van der Waals surface area (Å²) in [6, 6.07) is 0.139. The van der Waals surface area contributed by atoms with Crippen LogP contribution in [0, 0.1) is 5.41 Å². The maximum atomic E-state index is 12.3. The summed E-state index contributed by atoms with van der Waals surface area (Å²) in [5.74, 6) is -0.684. The van der Waals surface area contributed by atoms with Crippen LogP contribution in [0.15, 0.2) is 0 Å². The predicted molar refractivity (Wildman–Crippen MR) is 78.5 cm³/mol. The number of aliphatic carboxylic acids is 1. The van der Waals surface area contributed by atoms with Crippen molar-refractivity contribution in [1.82, 2.24) is 10.2 Å². The first-order valence-corrected chi connectivity index (χ1v) is 7.69. The van der Waals surface area contributed by atoms with E-state index in [1.54, 1.807) is 4.90 Å². The fourth-order valence-electron chi connectivity index (χ4n) is 3.12. The van der Waals surface area contributed by atoms with E-state index < -0.39 is 11.4 Å². The number of carbonyl (C=O) groups excluding carboxylic acids is 1. The summed E-state index contributed by atoms with van der Waals surface area (Å²) in [5.41, 5.74) is -0.732. The highest BCUT2D eigenvalue weighted by Crippen LogP contribution is 2.35. The third-order valence-corrected chi connectivity index (χ3v) is 4.15. The van der Waals surface area contributed by atoms with E-state index in [4.69, 9.17) is 0 Å². The molecule has 1 saturated heterocycles. The molecular weight excluding hydrogens is 256 g/mol. The Bertz CT molecular complexity index is 342. The molecule has 0 bridgehead atoms. The quantitative estimate of drug-likeness (QED) is 0.749. The van der Waals surface area contributed by atoms with Crippen LogP contribution in [-0.2, 0) is 9.59 Å². The molecule has 2 N–H and O–H groups in total. The number of amides is 1. The largest absolute Gasteiger partial charge is 0.481 e. The van der Waals surface area contributed by atoms with E-state index in [-0.39, 0.29) is 11.9 Å². The average Bonchev–Trinajstić information content (AvgIpc) is 2.39. The molecule has 0 radical (unpaired) electrons. The van der Waals surface area contributed by atoms with Gasteiger partial charge in [-0.1, -0.05) is 20.3 Å². The van der Waals surface area contributed by atoms with Crippen LogP contribution in [0.25, 0.3) is 0 Å². The Morgan fingerprint density at radius 3 is 2.65 bits per heavy atom. The highest BCUT2D eigenvalue weighted by molar-refractivity contribution is 5.80. The minimum absolute atomic E-state index is 0.0693. The van der Waals surface area contributed by atoms with Crippen LogP contribution < -0.4 is 5.32 Å². The standard InChI is InChI=1S/C15H28N2O3/c1-4-7-15(14(19)20)8-6-9-17(11-15)13(18)10-12(3)16-5-2/h12,16H,4-11H2,1-3H3,(H,19,20). The van der Waals surface area contributed by atoms with Gasteiger partial charge in [-0.05, 0) is 32.7 Å². The second-order valence-corrected chi connectivity index (χ2v) is 5.92. The SMILES string of the molecule is CCCC1(C(=O)O)CCCN(C(=O)CC(C)NCC)C1. The summed E-state index contributed by atoms with van der Waals surface area (Å²) in [5, 5.41) is 12.8. The number of hydrogen-bond acceptors (Lipinski definition) is 3. The Hall–Kier alpha value is -1.10. The monoisotopic (exact) mass is 284 g/mol. The molecule has 5 nitrogen and oxygen atoms in total. The van der Waals surface area contributed by atoms with E-state index in [1.807, 2.05) is 20.8 Å². The van der Waals surface area contributed by atoms with Gasteiger partial charge in [0.05, 0.1) is 5.41 Å². The number of carboxylic acids is 1. The van der Waals surface area contributed by atoms with Gasteiger partial charge in [0, 0.05) is 25.6 Å². The highest BCUT2D eigenvalue weighted by Gasteiger charge is 2.42. The molecule has 20 heavy (non-hydrogen) atoms. The Morgan fingerprint density at radius 2 is 2.10 bits per heavy atom. The van der Waals surface area contributed by atoms with Gasteiger partial charge in [0.2, 0.25) is 5.91 Å². The third kappa shape index (κ3) is 4.20. The van der Waals surface area contributed by atoms with E-state index in [0.717, 1.165) is 19.4 Å². The molecular formula is C15H28N2O3. The van der Waals surface area contributed by atoms with Gasteiger partial charge in [-0.25, -0.2) is 0 Å². The Labute approximate surface area is 121 Å². The summed E-state index contributed by atoms with van der Waals surface area (Å²) in [7, 11) is 0. The van der Waals surface area contributed by atoms with Crippen LogP contribution in [-0.4, -0.2) is 47.6 Å². The molecule has 2 unspecified atom stereocenters. The molecule has 1 fully saturated rings. The van der Waals surface area contributed by atoms with E-state index in [0.29, 0.717) is 32.4 Å². The van der Waals surface area contributed by atoms with Gasteiger partial charge in [0.15, 0.2) is 0 Å². The molecule has 116 valence electrons. The number of nitrogens with zero attached hydrogens (tertiary/aromatic N) is 1. The van der Waals surface area contributed by atoms with E-state index in [9.17, 15) is 14.7 Å². The summed E-state index contributed by atoms with van der Waals surface area (Å²) >= 11 is 0. The summed E-state index contributed by atoms with van der Waals surface area (Å²) in [6.45, 7) is 7.90. The van der Waals surface area contributed by atoms with Gasteiger partial charge in [-0.3, -0.25) is 9.59 Å². The molecule has 0 aromatic rings. The Morgan fingerprint density at radius 1 is 1.40 bits per heavy atom. The molecule has 1 amide bonds. The van der Waals surface area contributed by atoms with Crippen molar-refractivity contribution in [2.45, 2.75) is 58.9 Å². The zero-order valence-electron chi connectivity index (χ0n) is 12.9.